The lowest BCUT2D eigenvalue weighted by Crippen LogP contribution is -2.45. The van der Waals surface area contributed by atoms with Gasteiger partial charge in [0, 0.05) is 0 Å². The molecule has 0 aliphatic carbocycles. The molecule has 16 nitrogen and oxygen atoms in total. The Balaban J connectivity index is 1.44. The molecule has 0 bridgehead atoms. The first kappa shape index (κ1) is 29.4. The maximum atomic E-state index is 11.9. The third kappa shape index (κ3) is 6.11. The minimum atomic E-state index is -0.991. The largest absolute Gasteiger partial charge is 0.493 e. The molecule has 2 aliphatic heterocycles. The lowest BCUT2D eigenvalue weighted by molar-refractivity contribution is -0.433. The van der Waals surface area contributed by atoms with Gasteiger partial charge < -0.3 is 40.2 Å². The summed E-state index contributed by atoms with van der Waals surface area (Å²) in [5.74, 6) is 1.26. The van der Waals surface area contributed by atoms with Crippen LogP contribution in [0.4, 0.5) is 9.59 Å². The van der Waals surface area contributed by atoms with Gasteiger partial charge in [-0.3, -0.25) is 20.2 Å². The van der Waals surface area contributed by atoms with Gasteiger partial charge in [0.1, 0.15) is 25.3 Å². The smallest absolute Gasteiger partial charge is 0.320 e. The fourth-order valence-electron chi connectivity index (χ4n) is 4.61. The highest BCUT2D eigenvalue weighted by Crippen LogP contribution is 2.36. The number of amides is 4. The van der Waals surface area contributed by atoms with Gasteiger partial charge in [-0.25, -0.2) is 9.59 Å². The van der Waals surface area contributed by atoms with E-state index >= 15 is 0 Å². The number of hydrogen-bond donors (Lipinski definition) is 4. The monoisotopic (exact) mass is 584 g/mol. The van der Waals surface area contributed by atoms with Crippen molar-refractivity contribution in [1.29, 1.82) is 0 Å². The fourth-order valence-corrected chi connectivity index (χ4v) is 4.61. The molecule has 4 N–H and O–H groups in total. The summed E-state index contributed by atoms with van der Waals surface area (Å²) in [6.45, 7) is 3.05. The number of urea groups is 2. The third-order valence-corrected chi connectivity index (χ3v) is 6.50. The van der Waals surface area contributed by atoms with Gasteiger partial charge in [0.15, 0.2) is 23.0 Å². The Morgan fingerprint density at radius 1 is 0.690 bits per heavy atom. The van der Waals surface area contributed by atoms with Crippen LogP contribution in [-0.4, -0.2) is 49.3 Å². The first-order chi connectivity index (χ1) is 20.0. The minimum absolute atomic E-state index is 0.0710. The van der Waals surface area contributed by atoms with Crippen molar-refractivity contribution in [3.05, 3.63) is 90.5 Å². The Hall–Kier alpha value is -5.54. The topological polar surface area (TPSA) is 205 Å². The second kappa shape index (κ2) is 12.3. The van der Waals surface area contributed by atoms with E-state index in [0.717, 1.165) is 0 Å². The number of nitrogens with one attached hydrogen (secondary N) is 4. The predicted molar refractivity (Wildman–Crippen MR) is 145 cm³/mol. The highest BCUT2D eigenvalue weighted by atomic mass is 16.6. The summed E-state index contributed by atoms with van der Waals surface area (Å²) in [6, 6.07) is 6.29. The number of nitro groups is 2. The Labute approximate surface area is 238 Å². The number of benzene rings is 2. The van der Waals surface area contributed by atoms with Gasteiger partial charge in [-0.15, -0.1) is 0 Å². The molecular weight excluding hydrogens is 556 g/mol. The first-order valence-electron chi connectivity index (χ1n) is 12.5. The van der Waals surface area contributed by atoms with Crippen molar-refractivity contribution in [2.24, 2.45) is 0 Å². The van der Waals surface area contributed by atoms with E-state index in [4.69, 9.17) is 18.9 Å². The lowest BCUT2D eigenvalue weighted by atomic mass is 10.0. The molecular formula is C26H28N6O10. The maximum Gasteiger partial charge on any atom is 0.320 e. The number of carbonyl (C=O) groups is 2. The molecule has 4 rings (SSSR count). The molecule has 4 amide bonds. The molecule has 222 valence electrons. The average Bonchev–Trinajstić information content (AvgIpc) is 2.93. The van der Waals surface area contributed by atoms with Crippen LogP contribution < -0.4 is 40.2 Å². The normalized spacial score (nSPS) is 18.3. The number of ether oxygens (including phenoxy) is 4. The molecule has 2 aliphatic rings. The van der Waals surface area contributed by atoms with Crippen LogP contribution in [0.1, 0.15) is 37.1 Å². The molecule has 0 fully saturated rings. The summed E-state index contributed by atoms with van der Waals surface area (Å²) in [4.78, 5) is 46.0. The van der Waals surface area contributed by atoms with Crippen LogP contribution >= 0.6 is 0 Å². The average molecular weight is 585 g/mol. The summed E-state index contributed by atoms with van der Waals surface area (Å²) in [5, 5.41) is 33.1. The molecule has 0 saturated carbocycles. The van der Waals surface area contributed by atoms with E-state index in [1.165, 1.54) is 28.1 Å². The van der Waals surface area contributed by atoms with Gasteiger partial charge >= 0.3 is 12.1 Å². The summed E-state index contributed by atoms with van der Waals surface area (Å²) in [5.41, 5.74) is 0.745. The van der Waals surface area contributed by atoms with E-state index in [1.54, 1.807) is 36.4 Å². The Morgan fingerprint density at radius 3 is 1.40 bits per heavy atom. The second-order valence-electron chi connectivity index (χ2n) is 9.12. The second-order valence-corrected chi connectivity index (χ2v) is 9.12. The summed E-state index contributed by atoms with van der Waals surface area (Å²) in [7, 11) is 2.83. The van der Waals surface area contributed by atoms with Crippen LogP contribution in [-0.2, 0) is 0 Å². The van der Waals surface area contributed by atoms with Gasteiger partial charge in [-0.05, 0) is 49.2 Å². The van der Waals surface area contributed by atoms with Gasteiger partial charge in [0.25, 0.3) is 11.4 Å². The number of methoxy groups -OCH3 is 2. The molecule has 2 aromatic rings. The highest BCUT2D eigenvalue weighted by Gasteiger charge is 2.37. The van der Waals surface area contributed by atoms with E-state index in [9.17, 15) is 29.8 Å². The molecule has 2 atom stereocenters. The number of rotatable bonds is 11. The summed E-state index contributed by atoms with van der Waals surface area (Å²) < 4.78 is 22.4. The molecule has 0 aromatic heterocycles. The SMILES string of the molecule is COc1cc(C2NC(=O)NC(C)=C2[N+](=O)[O-])ccc1OCCOc1ccc(C2NC(=O)NC(C)=C2[N+](=O)[O-])cc1OC. The molecule has 0 radical (unpaired) electrons. The Bertz CT molecular complexity index is 1390. The van der Waals surface area contributed by atoms with Crippen LogP contribution in [0, 0.1) is 20.2 Å². The van der Waals surface area contributed by atoms with Crippen molar-refractivity contribution in [3.63, 3.8) is 0 Å². The van der Waals surface area contributed by atoms with Crippen LogP contribution in [0.5, 0.6) is 23.0 Å². The molecule has 16 heteroatoms. The Morgan fingerprint density at radius 2 is 1.07 bits per heavy atom. The van der Waals surface area contributed by atoms with E-state index in [0.29, 0.717) is 22.6 Å². The van der Waals surface area contributed by atoms with Crippen molar-refractivity contribution in [3.8, 4) is 23.0 Å². The molecule has 2 heterocycles. The predicted octanol–water partition coefficient (Wildman–Crippen LogP) is 2.89. The Kier molecular flexibility index (Phi) is 8.64. The lowest BCUT2D eigenvalue weighted by Gasteiger charge is -2.24. The molecule has 0 spiro atoms. The summed E-state index contributed by atoms with van der Waals surface area (Å²) >= 11 is 0. The molecule has 42 heavy (non-hydrogen) atoms. The number of carbonyl (C=O) groups excluding carboxylic acids is 2. The fraction of sp³-hybridized carbons (Fsp3) is 0.308. The van der Waals surface area contributed by atoms with Crippen LogP contribution in [0.25, 0.3) is 0 Å². The van der Waals surface area contributed by atoms with Gasteiger partial charge in [0.05, 0.1) is 35.5 Å². The number of hydrogen-bond acceptors (Lipinski definition) is 10. The number of allylic oxidation sites excluding steroid dienone is 2. The quantitative estimate of drug-likeness (QED) is 0.173. The van der Waals surface area contributed by atoms with E-state index < -0.39 is 34.0 Å². The van der Waals surface area contributed by atoms with Crippen molar-refractivity contribution in [2.75, 3.05) is 27.4 Å². The van der Waals surface area contributed by atoms with E-state index in [-0.39, 0.29) is 47.5 Å². The van der Waals surface area contributed by atoms with Gasteiger partial charge in [-0.1, -0.05) is 12.1 Å². The number of nitrogens with zero attached hydrogens (tertiary/aromatic N) is 2. The molecule has 0 saturated heterocycles. The first-order valence-corrected chi connectivity index (χ1v) is 12.5. The van der Waals surface area contributed by atoms with Gasteiger partial charge in [0.2, 0.25) is 0 Å². The zero-order valence-corrected chi connectivity index (χ0v) is 23.0. The van der Waals surface area contributed by atoms with Crippen LogP contribution in [0.2, 0.25) is 0 Å². The third-order valence-electron chi connectivity index (χ3n) is 6.50. The van der Waals surface area contributed by atoms with Crippen molar-refractivity contribution in [1.82, 2.24) is 21.3 Å². The molecule has 2 unspecified atom stereocenters. The molecule has 2 aromatic carbocycles. The maximum absolute atomic E-state index is 11.9. The van der Waals surface area contributed by atoms with E-state index in [2.05, 4.69) is 21.3 Å². The highest BCUT2D eigenvalue weighted by molar-refractivity contribution is 5.79. The summed E-state index contributed by atoms with van der Waals surface area (Å²) in [6.07, 6.45) is 0. The zero-order valence-electron chi connectivity index (χ0n) is 23.0. The van der Waals surface area contributed by atoms with Crippen LogP contribution in [0.15, 0.2) is 59.2 Å². The van der Waals surface area contributed by atoms with Crippen molar-refractivity contribution in [2.45, 2.75) is 25.9 Å². The van der Waals surface area contributed by atoms with Crippen molar-refractivity contribution >= 4 is 12.1 Å². The minimum Gasteiger partial charge on any atom is -0.493 e. The zero-order chi connectivity index (χ0) is 30.6. The van der Waals surface area contributed by atoms with Crippen molar-refractivity contribution < 1.29 is 38.4 Å². The van der Waals surface area contributed by atoms with Gasteiger partial charge in [-0.2, -0.15) is 0 Å². The van der Waals surface area contributed by atoms with E-state index in [1.807, 2.05) is 0 Å². The standard InChI is InChI=1S/C26H28N6O10/c1-13-23(31(35)36)21(29-25(33)27-13)15-5-7-17(19(11-15)39-3)41-9-10-42-18-8-6-16(12-20(18)40-4)22-24(32(37)38)14(2)28-26(34)30-22/h5-8,11-12,21-22H,9-10H2,1-4H3,(H2,27,29,33)(H2,28,30,34). The van der Waals surface area contributed by atoms with Crippen LogP contribution in [0.3, 0.4) is 0 Å².